The van der Waals surface area contributed by atoms with Gasteiger partial charge in [-0.3, -0.25) is 14.5 Å². The van der Waals surface area contributed by atoms with Gasteiger partial charge in [-0.05, 0) is 54.7 Å². The number of carbonyl (C=O) groups excluding carboxylic acids is 2. The molecule has 10 heteroatoms. The predicted octanol–water partition coefficient (Wildman–Crippen LogP) is 4.51. The van der Waals surface area contributed by atoms with Gasteiger partial charge < -0.3 is 36.1 Å². The number of hydrogen-bond acceptors (Lipinski definition) is 8. The number of benzene rings is 3. The fourth-order valence-electron chi connectivity index (χ4n) is 5.64. The molecule has 0 spiro atoms. The van der Waals surface area contributed by atoms with E-state index in [2.05, 4.69) is 15.5 Å². The maximum absolute atomic E-state index is 12.5. The molecule has 4 atom stereocenters. The largest absolute Gasteiger partial charge is 0.397 e. The van der Waals surface area contributed by atoms with Crippen molar-refractivity contribution in [1.29, 1.82) is 0 Å². The summed E-state index contributed by atoms with van der Waals surface area (Å²) in [5.74, 6) is -0.245. The van der Waals surface area contributed by atoms with Crippen molar-refractivity contribution >= 4 is 28.9 Å². The summed E-state index contributed by atoms with van der Waals surface area (Å²) in [4.78, 5) is 27.0. The standard InChI is InChI=1S/C34H42N4O6/c35-29-5-1-2-6-30(29)37-33(42)8-4-3-7-32(41)36-26-15-13-25(14-16-26)34-43-28(21-38-18-17-27(40)20-38)19-31(44-34)24-11-9-23(22-39)10-12-24/h1-2,5-6,9-16,27-28,31,34,39-40H,3-4,7-8,17-22,35H2,(H,36,41)(H,37,42)/t27-,28-,31+,34+/m0/s1. The van der Waals surface area contributed by atoms with E-state index in [1.54, 1.807) is 12.1 Å². The first kappa shape index (κ1) is 31.6. The number of β-amino-alcohol motifs (C(OH)–C–C–N with tert-alkyl or cyclic N) is 1. The Hall–Kier alpha value is -3.80. The lowest BCUT2D eigenvalue weighted by molar-refractivity contribution is -0.252. The quantitative estimate of drug-likeness (QED) is 0.150. The molecule has 0 radical (unpaired) electrons. The van der Waals surface area contributed by atoms with Crippen molar-refractivity contribution in [2.24, 2.45) is 0 Å². The van der Waals surface area contributed by atoms with Crippen LogP contribution in [-0.2, 0) is 25.7 Å². The minimum Gasteiger partial charge on any atom is -0.397 e. The van der Waals surface area contributed by atoms with E-state index in [4.69, 9.17) is 15.2 Å². The highest BCUT2D eigenvalue weighted by atomic mass is 16.7. The van der Waals surface area contributed by atoms with Crippen LogP contribution < -0.4 is 16.4 Å². The first-order valence-electron chi connectivity index (χ1n) is 15.3. The smallest absolute Gasteiger partial charge is 0.224 e. The first-order valence-corrected chi connectivity index (χ1v) is 15.3. The van der Waals surface area contributed by atoms with Crippen molar-refractivity contribution in [1.82, 2.24) is 4.90 Å². The number of rotatable bonds is 12. The Labute approximate surface area is 258 Å². The molecule has 0 aromatic heterocycles. The number of nitrogens with zero attached hydrogens (tertiary/aromatic N) is 1. The SMILES string of the molecule is Nc1ccccc1NC(=O)CCCCC(=O)Nc1ccc([C@@H]2O[C@H](CN3CC[C@H](O)C3)C[C@H](c3ccc(CO)cc3)O2)cc1. The van der Waals surface area contributed by atoms with E-state index >= 15 is 0 Å². The van der Waals surface area contributed by atoms with Gasteiger partial charge >= 0.3 is 0 Å². The Kier molecular flexibility index (Phi) is 11.0. The van der Waals surface area contributed by atoms with Gasteiger partial charge in [0.1, 0.15) is 0 Å². The van der Waals surface area contributed by atoms with Crippen LogP contribution in [0.3, 0.4) is 0 Å². The van der Waals surface area contributed by atoms with Gasteiger partial charge in [-0.15, -0.1) is 0 Å². The highest BCUT2D eigenvalue weighted by Crippen LogP contribution is 2.38. The molecule has 2 fully saturated rings. The lowest BCUT2D eigenvalue weighted by atomic mass is 9.99. The molecule has 0 bridgehead atoms. The number of anilines is 3. The molecule has 2 saturated heterocycles. The molecule has 234 valence electrons. The van der Waals surface area contributed by atoms with Crippen LogP contribution in [0.5, 0.6) is 0 Å². The average molecular weight is 603 g/mol. The zero-order valence-electron chi connectivity index (χ0n) is 24.9. The number of ether oxygens (including phenoxy) is 2. The van der Waals surface area contributed by atoms with Crippen LogP contribution in [0.1, 0.15) is 67.6 Å². The highest BCUT2D eigenvalue weighted by molar-refractivity contribution is 5.94. The van der Waals surface area contributed by atoms with Gasteiger partial charge in [-0.25, -0.2) is 0 Å². The third-order valence-corrected chi connectivity index (χ3v) is 8.08. The second kappa shape index (κ2) is 15.3. The fraction of sp³-hybridized carbons (Fsp3) is 0.412. The van der Waals surface area contributed by atoms with Crippen LogP contribution in [0, 0.1) is 0 Å². The Morgan fingerprint density at radius 3 is 2.23 bits per heavy atom. The second-order valence-corrected chi connectivity index (χ2v) is 11.6. The van der Waals surface area contributed by atoms with Gasteiger partial charge in [0.15, 0.2) is 6.29 Å². The van der Waals surface area contributed by atoms with Crippen molar-refractivity contribution in [2.75, 3.05) is 36.0 Å². The number of aliphatic hydroxyl groups is 2. The average Bonchev–Trinajstić information content (AvgIpc) is 3.44. The highest BCUT2D eigenvalue weighted by Gasteiger charge is 2.34. The molecule has 0 saturated carbocycles. The summed E-state index contributed by atoms with van der Waals surface area (Å²) in [6, 6.07) is 22.4. The summed E-state index contributed by atoms with van der Waals surface area (Å²) in [7, 11) is 0. The van der Waals surface area contributed by atoms with Crippen LogP contribution in [0.4, 0.5) is 17.1 Å². The number of hydrogen-bond donors (Lipinski definition) is 5. The Morgan fingerprint density at radius 1 is 0.886 bits per heavy atom. The van der Waals surface area contributed by atoms with Gasteiger partial charge in [0.25, 0.3) is 0 Å². The molecule has 10 nitrogen and oxygen atoms in total. The molecule has 2 amide bonds. The molecule has 3 aromatic rings. The van der Waals surface area contributed by atoms with E-state index in [0.717, 1.165) is 29.7 Å². The van der Waals surface area contributed by atoms with Crippen LogP contribution in [-0.4, -0.2) is 58.8 Å². The van der Waals surface area contributed by atoms with E-state index in [1.807, 2.05) is 60.7 Å². The van der Waals surface area contributed by atoms with E-state index in [9.17, 15) is 19.8 Å². The van der Waals surface area contributed by atoms with E-state index < -0.39 is 6.29 Å². The number of unbranched alkanes of at least 4 members (excludes halogenated alkanes) is 1. The Balaban J connectivity index is 1.12. The Morgan fingerprint density at radius 2 is 1.57 bits per heavy atom. The maximum atomic E-state index is 12.5. The zero-order chi connectivity index (χ0) is 30.9. The van der Waals surface area contributed by atoms with Crippen LogP contribution in [0.25, 0.3) is 0 Å². The molecule has 2 aliphatic heterocycles. The molecule has 5 rings (SSSR count). The van der Waals surface area contributed by atoms with E-state index in [-0.39, 0.29) is 36.7 Å². The normalized spacial score (nSPS) is 22.0. The van der Waals surface area contributed by atoms with Gasteiger partial charge in [0.05, 0.1) is 36.3 Å². The Bertz CT molecular complexity index is 1380. The van der Waals surface area contributed by atoms with E-state index in [1.165, 1.54) is 0 Å². The first-order chi connectivity index (χ1) is 21.4. The van der Waals surface area contributed by atoms with Gasteiger partial charge in [-0.2, -0.15) is 0 Å². The number of para-hydroxylation sites is 2. The predicted molar refractivity (Wildman–Crippen MR) is 169 cm³/mol. The summed E-state index contributed by atoms with van der Waals surface area (Å²) < 4.78 is 12.8. The van der Waals surface area contributed by atoms with Gasteiger partial charge in [0, 0.05) is 50.1 Å². The van der Waals surface area contributed by atoms with Crippen molar-refractivity contribution in [3.63, 3.8) is 0 Å². The number of amides is 2. The minimum atomic E-state index is -0.592. The molecule has 3 aromatic carbocycles. The van der Waals surface area contributed by atoms with E-state index in [0.29, 0.717) is 62.3 Å². The fourth-order valence-corrected chi connectivity index (χ4v) is 5.64. The van der Waals surface area contributed by atoms with Crippen molar-refractivity contribution in [3.05, 3.63) is 89.5 Å². The van der Waals surface area contributed by atoms with Crippen LogP contribution >= 0.6 is 0 Å². The third-order valence-electron chi connectivity index (χ3n) is 8.08. The summed E-state index contributed by atoms with van der Waals surface area (Å²) >= 11 is 0. The summed E-state index contributed by atoms with van der Waals surface area (Å²) in [6.45, 7) is 2.18. The number of aliphatic hydroxyl groups excluding tert-OH is 2. The minimum absolute atomic E-state index is 0.0117. The number of nitrogens with two attached hydrogens (primary N) is 1. The molecular formula is C34H42N4O6. The lowest BCUT2D eigenvalue weighted by Gasteiger charge is -2.37. The second-order valence-electron chi connectivity index (χ2n) is 11.6. The maximum Gasteiger partial charge on any atom is 0.224 e. The van der Waals surface area contributed by atoms with Crippen molar-refractivity contribution in [2.45, 2.75) is 69.7 Å². The molecule has 44 heavy (non-hydrogen) atoms. The summed E-state index contributed by atoms with van der Waals surface area (Å²) in [5.41, 5.74) is 10.4. The van der Waals surface area contributed by atoms with Crippen molar-refractivity contribution < 1.29 is 29.3 Å². The molecule has 0 aliphatic carbocycles. The third kappa shape index (κ3) is 8.87. The van der Waals surface area contributed by atoms with Gasteiger partial charge in [0.2, 0.25) is 11.8 Å². The van der Waals surface area contributed by atoms with Gasteiger partial charge in [-0.1, -0.05) is 48.5 Å². The molecular weight excluding hydrogens is 560 g/mol. The van der Waals surface area contributed by atoms with Crippen LogP contribution in [0.15, 0.2) is 72.8 Å². The van der Waals surface area contributed by atoms with Crippen LogP contribution in [0.2, 0.25) is 0 Å². The number of nitrogens with one attached hydrogen (secondary N) is 2. The summed E-state index contributed by atoms with van der Waals surface area (Å²) in [6.07, 6.45) is 2.07. The topological polar surface area (TPSA) is 146 Å². The molecule has 0 unspecified atom stereocenters. The number of nitrogen functional groups attached to an aromatic ring is 1. The summed E-state index contributed by atoms with van der Waals surface area (Å²) in [5, 5.41) is 25.2. The zero-order valence-corrected chi connectivity index (χ0v) is 24.9. The number of carbonyl (C=O) groups is 2. The van der Waals surface area contributed by atoms with Crippen molar-refractivity contribution in [3.8, 4) is 0 Å². The molecule has 6 N–H and O–H groups in total. The lowest BCUT2D eigenvalue weighted by Crippen LogP contribution is -2.38. The molecule has 2 heterocycles. The monoisotopic (exact) mass is 602 g/mol. The number of likely N-dealkylation sites (tertiary alicyclic amines) is 1. The molecule has 2 aliphatic rings.